The summed E-state index contributed by atoms with van der Waals surface area (Å²) in [6.07, 6.45) is -1.64. The molecule has 2 aromatic rings. The Balaban J connectivity index is 2.09. The van der Waals surface area contributed by atoms with Gasteiger partial charge in [0, 0.05) is 20.6 Å². The maximum Gasteiger partial charge on any atom is 0.365 e. The number of rotatable bonds is 8. The van der Waals surface area contributed by atoms with Gasteiger partial charge in [0.05, 0.1) is 6.61 Å². The lowest BCUT2D eigenvalue weighted by atomic mass is 10.1. The molecule has 2 atom stereocenters. The average Bonchev–Trinajstić information content (AvgIpc) is 2.75. The van der Waals surface area contributed by atoms with Crippen LogP contribution in [-0.4, -0.2) is 47.7 Å². The monoisotopic (exact) mass is 418 g/mol. The molecule has 8 nitrogen and oxygen atoms in total. The van der Waals surface area contributed by atoms with Gasteiger partial charge in [0.25, 0.3) is 5.91 Å². The van der Waals surface area contributed by atoms with Crippen molar-refractivity contribution in [2.45, 2.75) is 25.6 Å². The summed E-state index contributed by atoms with van der Waals surface area (Å²) in [7, 11) is 1.32. The van der Waals surface area contributed by atoms with Crippen LogP contribution < -0.4 is 5.32 Å². The standard InChI is InChI=1S/C21H23FN2O6/c1-14(25)24(30-21(28)19(26)16-6-4-3-5-7-16)18(13-29-2)20(27)23-12-15-8-10-17(22)11-9-15/h3-11,18-19,26H,12-13H2,1-2H3,(H,23,27)/t18-,19-/m1/s1. The Labute approximate surface area is 173 Å². The predicted molar refractivity (Wildman–Crippen MR) is 104 cm³/mol. The summed E-state index contributed by atoms with van der Waals surface area (Å²) in [6, 6.07) is 12.2. The lowest BCUT2D eigenvalue weighted by molar-refractivity contribution is -0.216. The maximum atomic E-state index is 13.0. The van der Waals surface area contributed by atoms with Crippen molar-refractivity contribution < 1.29 is 33.5 Å². The molecule has 30 heavy (non-hydrogen) atoms. The van der Waals surface area contributed by atoms with E-state index in [4.69, 9.17) is 9.57 Å². The zero-order chi connectivity index (χ0) is 22.1. The zero-order valence-electron chi connectivity index (χ0n) is 16.6. The fourth-order valence-corrected chi connectivity index (χ4v) is 2.58. The molecule has 0 aliphatic carbocycles. The normalized spacial score (nSPS) is 12.5. The molecule has 0 saturated carbocycles. The van der Waals surface area contributed by atoms with Crippen molar-refractivity contribution in [2.75, 3.05) is 13.7 Å². The number of halogens is 1. The van der Waals surface area contributed by atoms with Crippen LogP contribution in [0.1, 0.15) is 24.2 Å². The second-order valence-corrected chi connectivity index (χ2v) is 6.38. The van der Waals surface area contributed by atoms with Crippen molar-refractivity contribution in [3.8, 4) is 0 Å². The van der Waals surface area contributed by atoms with E-state index in [1.54, 1.807) is 18.2 Å². The summed E-state index contributed by atoms with van der Waals surface area (Å²) in [6.45, 7) is 0.910. The van der Waals surface area contributed by atoms with Crippen LogP contribution in [0.4, 0.5) is 4.39 Å². The smallest absolute Gasteiger partial charge is 0.365 e. The third-order valence-electron chi connectivity index (χ3n) is 4.13. The SMILES string of the molecule is COC[C@H](C(=O)NCc1ccc(F)cc1)N(OC(=O)[C@H](O)c1ccccc1)C(C)=O. The van der Waals surface area contributed by atoms with Gasteiger partial charge in [0.15, 0.2) is 12.1 Å². The number of aliphatic hydroxyl groups excluding tert-OH is 1. The number of amides is 2. The summed E-state index contributed by atoms with van der Waals surface area (Å²) in [5.74, 6) is -2.92. The molecule has 160 valence electrons. The van der Waals surface area contributed by atoms with Gasteiger partial charge in [-0.2, -0.15) is 5.06 Å². The fraction of sp³-hybridized carbons (Fsp3) is 0.286. The first-order chi connectivity index (χ1) is 14.3. The first kappa shape index (κ1) is 23.0. The number of nitrogens with zero attached hydrogens (tertiary/aromatic N) is 1. The molecule has 2 amide bonds. The third kappa shape index (κ3) is 6.36. The van der Waals surface area contributed by atoms with E-state index in [0.29, 0.717) is 10.6 Å². The minimum Gasteiger partial charge on any atom is -0.382 e. The highest BCUT2D eigenvalue weighted by Gasteiger charge is 2.33. The van der Waals surface area contributed by atoms with Gasteiger partial charge in [-0.1, -0.05) is 42.5 Å². The van der Waals surface area contributed by atoms with Crippen molar-refractivity contribution in [1.29, 1.82) is 0 Å². The molecule has 0 unspecified atom stereocenters. The highest BCUT2D eigenvalue weighted by atomic mass is 19.1. The number of hydrogen-bond acceptors (Lipinski definition) is 6. The molecule has 0 heterocycles. The quantitative estimate of drug-likeness (QED) is 0.630. The Morgan fingerprint density at radius 3 is 2.30 bits per heavy atom. The zero-order valence-corrected chi connectivity index (χ0v) is 16.6. The van der Waals surface area contributed by atoms with Crippen LogP contribution in [0.25, 0.3) is 0 Å². The fourth-order valence-electron chi connectivity index (χ4n) is 2.58. The highest BCUT2D eigenvalue weighted by Crippen LogP contribution is 2.16. The molecule has 0 fully saturated rings. The molecular weight excluding hydrogens is 395 g/mol. The number of hydroxylamine groups is 2. The molecule has 0 aliphatic heterocycles. The van der Waals surface area contributed by atoms with Gasteiger partial charge in [-0.15, -0.1) is 0 Å². The second kappa shape index (κ2) is 11.0. The maximum absolute atomic E-state index is 13.0. The molecular formula is C21H23FN2O6. The first-order valence-corrected chi connectivity index (χ1v) is 9.09. The van der Waals surface area contributed by atoms with Crippen LogP contribution in [0.3, 0.4) is 0 Å². The third-order valence-corrected chi connectivity index (χ3v) is 4.13. The lowest BCUT2D eigenvalue weighted by Crippen LogP contribution is -2.52. The van der Waals surface area contributed by atoms with Crippen molar-refractivity contribution in [2.24, 2.45) is 0 Å². The summed E-state index contributed by atoms with van der Waals surface area (Å²) >= 11 is 0. The lowest BCUT2D eigenvalue weighted by Gasteiger charge is -2.28. The van der Waals surface area contributed by atoms with Gasteiger partial charge in [0.1, 0.15) is 5.82 Å². The molecule has 2 rings (SSSR count). The Kier molecular flexibility index (Phi) is 8.45. The number of ether oxygens (including phenoxy) is 1. The molecule has 0 aliphatic rings. The summed E-state index contributed by atoms with van der Waals surface area (Å²) in [5, 5.41) is 13.3. The predicted octanol–water partition coefficient (Wildman–Crippen LogP) is 1.50. The van der Waals surface area contributed by atoms with E-state index in [1.165, 1.54) is 43.5 Å². The number of aliphatic hydroxyl groups is 1. The molecule has 0 bridgehead atoms. The number of carbonyl (C=O) groups is 3. The van der Waals surface area contributed by atoms with Gasteiger partial charge >= 0.3 is 5.97 Å². The van der Waals surface area contributed by atoms with Crippen LogP contribution in [0, 0.1) is 5.82 Å². The van der Waals surface area contributed by atoms with Crippen LogP contribution in [-0.2, 0) is 30.5 Å². The summed E-state index contributed by atoms with van der Waals surface area (Å²) in [5.41, 5.74) is 0.904. The van der Waals surface area contributed by atoms with Crippen LogP contribution >= 0.6 is 0 Å². The first-order valence-electron chi connectivity index (χ1n) is 9.09. The van der Waals surface area contributed by atoms with E-state index in [2.05, 4.69) is 5.32 Å². The van der Waals surface area contributed by atoms with Crippen molar-refractivity contribution in [3.63, 3.8) is 0 Å². The van der Waals surface area contributed by atoms with Gasteiger partial charge in [-0.3, -0.25) is 9.59 Å². The number of nitrogens with one attached hydrogen (secondary N) is 1. The van der Waals surface area contributed by atoms with E-state index >= 15 is 0 Å². The molecule has 0 radical (unpaired) electrons. The second-order valence-electron chi connectivity index (χ2n) is 6.38. The number of benzene rings is 2. The van der Waals surface area contributed by atoms with Crippen molar-refractivity contribution in [3.05, 3.63) is 71.5 Å². The Bertz CT molecular complexity index is 860. The largest absolute Gasteiger partial charge is 0.382 e. The van der Waals surface area contributed by atoms with Crippen molar-refractivity contribution >= 4 is 17.8 Å². The molecule has 0 aromatic heterocycles. The summed E-state index contributed by atoms with van der Waals surface area (Å²) in [4.78, 5) is 42.1. The Morgan fingerprint density at radius 1 is 1.10 bits per heavy atom. The molecule has 0 spiro atoms. The van der Waals surface area contributed by atoms with Gasteiger partial charge in [-0.25, -0.2) is 9.18 Å². The molecule has 9 heteroatoms. The Morgan fingerprint density at radius 2 is 1.73 bits per heavy atom. The summed E-state index contributed by atoms with van der Waals surface area (Å²) < 4.78 is 18.0. The molecule has 0 saturated heterocycles. The highest BCUT2D eigenvalue weighted by molar-refractivity contribution is 5.87. The number of methoxy groups -OCH3 is 1. The van der Waals surface area contributed by atoms with E-state index in [0.717, 1.165) is 6.92 Å². The minimum atomic E-state index is -1.64. The van der Waals surface area contributed by atoms with E-state index < -0.39 is 35.7 Å². The topological polar surface area (TPSA) is 105 Å². The van der Waals surface area contributed by atoms with E-state index in [-0.39, 0.29) is 18.7 Å². The van der Waals surface area contributed by atoms with E-state index in [1.807, 2.05) is 0 Å². The van der Waals surface area contributed by atoms with Gasteiger partial charge in [-0.05, 0) is 23.3 Å². The number of hydrogen-bond donors (Lipinski definition) is 2. The molecule has 2 aromatic carbocycles. The van der Waals surface area contributed by atoms with Crippen LogP contribution in [0.2, 0.25) is 0 Å². The number of carbonyl (C=O) groups excluding carboxylic acids is 3. The average molecular weight is 418 g/mol. The van der Waals surface area contributed by atoms with Gasteiger partial charge < -0.3 is 20.0 Å². The Hall–Kier alpha value is -3.30. The molecule has 2 N–H and O–H groups in total. The van der Waals surface area contributed by atoms with Gasteiger partial charge in [0.2, 0.25) is 5.91 Å². The van der Waals surface area contributed by atoms with Crippen LogP contribution in [0.15, 0.2) is 54.6 Å². The minimum absolute atomic E-state index is 0.0612. The van der Waals surface area contributed by atoms with E-state index in [9.17, 15) is 23.9 Å². The van der Waals surface area contributed by atoms with Crippen molar-refractivity contribution in [1.82, 2.24) is 10.4 Å². The van der Waals surface area contributed by atoms with Crippen LogP contribution in [0.5, 0.6) is 0 Å².